The predicted molar refractivity (Wildman–Crippen MR) is 70.2 cm³/mol. The van der Waals surface area contributed by atoms with Crippen LogP contribution < -0.4 is 16.0 Å². The van der Waals surface area contributed by atoms with Crippen LogP contribution in [-0.2, 0) is 0 Å². The molecular formula is C13H16N4O. The Kier molecular flexibility index (Phi) is 2.98. The van der Waals surface area contributed by atoms with Crippen molar-refractivity contribution in [2.24, 2.45) is 11.8 Å². The van der Waals surface area contributed by atoms with E-state index in [1.807, 2.05) is 24.3 Å². The first-order chi connectivity index (χ1) is 8.86. The van der Waals surface area contributed by atoms with Gasteiger partial charge in [-0.1, -0.05) is 25.0 Å². The standard InChI is InChI=1S/C13H16N4O/c14-17-13-15-11-4-2-1-3-10(11)12(16-13)18-8-7-9-5-6-9/h1-4,9H,5-8,14H2,(H,15,16,17). The van der Waals surface area contributed by atoms with E-state index in [4.69, 9.17) is 10.6 Å². The van der Waals surface area contributed by atoms with Crippen LogP contribution >= 0.6 is 0 Å². The molecule has 5 heteroatoms. The first-order valence-corrected chi connectivity index (χ1v) is 6.23. The Labute approximate surface area is 105 Å². The summed E-state index contributed by atoms with van der Waals surface area (Å²) in [7, 11) is 0. The molecule has 2 aromatic rings. The van der Waals surface area contributed by atoms with Crippen molar-refractivity contribution in [2.75, 3.05) is 12.0 Å². The molecule has 1 aromatic heterocycles. The number of hydrogen-bond acceptors (Lipinski definition) is 5. The second-order valence-electron chi connectivity index (χ2n) is 4.59. The summed E-state index contributed by atoms with van der Waals surface area (Å²) in [4.78, 5) is 8.55. The number of anilines is 1. The topological polar surface area (TPSA) is 73.1 Å². The normalized spacial score (nSPS) is 14.7. The lowest BCUT2D eigenvalue weighted by molar-refractivity contribution is 0.295. The lowest BCUT2D eigenvalue weighted by Gasteiger charge is -2.09. The molecule has 0 spiro atoms. The molecule has 1 saturated carbocycles. The van der Waals surface area contributed by atoms with E-state index in [-0.39, 0.29) is 0 Å². The largest absolute Gasteiger partial charge is 0.477 e. The Morgan fingerprint density at radius 1 is 1.28 bits per heavy atom. The smallest absolute Gasteiger partial charge is 0.241 e. The Morgan fingerprint density at radius 3 is 2.89 bits per heavy atom. The number of fused-ring (bicyclic) bond motifs is 1. The molecule has 0 saturated heterocycles. The summed E-state index contributed by atoms with van der Waals surface area (Å²) in [6.07, 6.45) is 3.77. The van der Waals surface area contributed by atoms with Gasteiger partial charge in [-0.2, -0.15) is 4.98 Å². The van der Waals surface area contributed by atoms with Crippen molar-refractivity contribution in [3.8, 4) is 5.88 Å². The SMILES string of the molecule is NNc1nc(OCCC2CC2)c2ccccc2n1. The van der Waals surface area contributed by atoms with E-state index >= 15 is 0 Å². The molecule has 94 valence electrons. The van der Waals surface area contributed by atoms with Crippen molar-refractivity contribution in [2.45, 2.75) is 19.3 Å². The molecule has 0 bridgehead atoms. The number of para-hydroxylation sites is 1. The van der Waals surface area contributed by atoms with Gasteiger partial charge in [-0.3, -0.25) is 5.43 Å². The van der Waals surface area contributed by atoms with Gasteiger partial charge in [-0.15, -0.1) is 0 Å². The fourth-order valence-electron chi connectivity index (χ4n) is 1.95. The minimum Gasteiger partial charge on any atom is -0.477 e. The molecule has 0 unspecified atom stereocenters. The molecule has 1 aliphatic rings. The minimum atomic E-state index is 0.384. The number of nitrogens with one attached hydrogen (secondary N) is 1. The van der Waals surface area contributed by atoms with Gasteiger partial charge in [0.2, 0.25) is 11.8 Å². The summed E-state index contributed by atoms with van der Waals surface area (Å²) in [5.41, 5.74) is 3.30. The highest BCUT2D eigenvalue weighted by Crippen LogP contribution is 2.32. The van der Waals surface area contributed by atoms with Crippen molar-refractivity contribution in [1.29, 1.82) is 0 Å². The van der Waals surface area contributed by atoms with Crippen LogP contribution in [0.15, 0.2) is 24.3 Å². The van der Waals surface area contributed by atoms with Crippen LogP contribution in [0.4, 0.5) is 5.95 Å². The van der Waals surface area contributed by atoms with Crippen LogP contribution in [0.25, 0.3) is 10.9 Å². The highest BCUT2D eigenvalue weighted by molar-refractivity contribution is 5.84. The fraction of sp³-hybridized carbons (Fsp3) is 0.385. The van der Waals surface area contributed by atoms with Crippen molar-refractivity contribution in [3.63, 3.8) is 0 Å². The van der Waals surface area contributed by atoms with E-state index in [0.717, 1.165) is 23.2 Å². The summed E-state index contributed by atoms with van der Waals surface area (Å²) < 4.78 is 5.77. The molecule has 0 radical (unpaired) electrons. The molecule has 3 N–H and O–H groups in total. The number of aromatic nitrogens is 2. The monoisotopic (exact) mass is 244 g/mol. The highest BCUT2D eigenvalue weighted by Gasteiger charge is 2.21. The summed E-state index contributed by atoms with van der Waals surface area (Å²) in [6, 6.07) is 7.77. The predicted octanol–water partition coefficient (Wildman–Crippen LogP) is 2.09. The number of hydrogen-bond donors (Lipinski definition) is 2. The average Bonchev–Trinajstić information content (AvgIpc) is 3.22. The second-order valence-corrected chi connectivity index (χ2v) is 4.59. The fourth-order valence-corrected chi connectivity index (χ4v) is 1.95. The Balaban J connectivity index is 1.86. The third-order valence-electron chi connectivity index (χ3n) is 3.16. The number of ether oxygens (including phenoxy) is 1. The quantitative estimate of drug-likeness (QED) is 0.622. The van der Waals surface area contributed by atoms with Gasteiger partial charge in [0.1, 0.15) is 0 Å². The van der Waals surface area contributed by atoms with Crippen LogP contribution in [0, 0.1) is 5.92 Å². The molecule has 0 amide bonds. The van der Waals surface area contributed by atoms with Crippen molar-refractivity contribution in [3.05, 3.63) is 24.3 Å². The van der Waals surface area contributed by atoms with E-state index in [2.05, 4.69) is 15.4 Å². The van der Waals surface area contributed by atoms with Gasteiger partial charge < -0.3 is 4.74 Å². The molecule has 1 heterocycles. The van der Waals surface area contributed by atoms with E-state index < -0.39 is 0 Å². The van der Waals surface area contributed by atoms with Crippen molar-refractivity contribution in [1.82, 2.24) is 9.97 Å². The summed E-state index contributed by atoms with van der Waals surface area (Å²) >= 11 is 0. The van der Waals surface area contributed by atoms with Crippen molar-refractivity contribution >= 4 is 16.9 Å². The maximum absolute atomic E-state index is 5.77. The molecule has 18 heavy (non-hydrogen) atoms. The maximum atomic E-state index is 5.77. The number of hydrazine groups is 1. The first-order valence-electron chi connectivity index (χ1n) is 6.23. The van der Waals surface area contributed by atoms with E-state index in [1.165, 1.54) is 12.8 Å². The third kappa shape index (κ3) is 2.36. The van der Waals surface area contributed by atoms with Crippen LogP contribution in [0.1, 0.15) is 19.3 Å². The third-order valence-corrected chi connectivity index (χ3v) is 3.16. The number of nitrogens with zero attached hydrogens (tertiary/aromatic N) is 2. The molecule has 1 fully saturated rings. The van der Waals surface area contributed by atoms with Crippen LogP contribution in [0.3, 0.4) is 0 Å². The van der Waals surface area contributed by atoms with Gasteiger partial charge in [0.15, 0.2) is 0 Å². The maximum Gasteiger partial charge on any atom is 0.241 e. The van der Waals surface area contributed by atoms with E-state index in [0.29, 0.717) is 18.4 Å². The van der Waals surface area contributed by atoms with Gasteiger partial charge in [0.05, 0.1) is 17.5 Å². The van der Waals surface area contributed by atoms with Crippen LogP contribution in [0.5, 0.6) is 5.88 Å². The molecule has 3 rings (SSSR count). The number of nitrogen functional groups attached to an aromatic ring is 1. The summed E-state index contributed by atoms with van der Waals surface area (Å²) in [5.74, 6) is 7.21. The number of benzene rings is 1. The molecular weight excluding hydrogens is 228 g/mol. The summed E-state index contributed by atoms with van der Waals surface area (Å²) in [6.45, 7) is 0.704. The highest BCUT2D eigenvalue weighted by atomic mass is 16.5. The number of nitrogens with two attached hydrogens (primary N) is 1. The molecule has 0 aliphatic heterocycles. The molecule has 1 aromatic carbocycles. The zero-order valence-electron chi connectivity index (χ0n) is 10.1. The number of rotatable bonds is 5. The van der Waals surface area contributed by atoms with Gasteiger partial charge in [-0.25, -0.2) is 10.8 Å². The van der Waals surface area contributed by atoms with Gasteiger partial charge in [0, 0.05) is 0 Å². The van der Waals surface area contributed by atoms with Crippen LogP contribution in [-0.4, -0.2) is 16.6 Å². The van der Waals surface area contributed by atoms with Gasteiger partial charge in [-0.05, 0) is 24.5 Å². The minimum absolute atomic E-state index is 0.384. The van der Waals surface area contributed by atoms with Crippen LogP contribution in [0.2, 0.25) is 0 Å². The second kappa shape index (κ2) is 4.78. The lowest BCUT2D eigenvalue weighted by atomic mass is 10.2. The zero-order valence-corrected chi connectivity index (χ0v) is 10.1. The Hall–Kier alpha value is -1.88. The Morgan fingerprint density at radius 2 is 2.11 bits per heavy atom. The summed E-state index contributed by atoms with van der Waals surface area (Å²) in [5, 5.41) is 0.923. The van der Waals surface area contributed by atoms with Crippen molar-refractivity contribution < 1.29 is 4.74 Å². The lowest BCUT2D eigenvalue weighted by Crippen LogP contribution is -2.11. The molecule has 0 atom stereocenters. The zero-order chi connectivity index (χ0) is 12.4. The van der Waals surface area contributed by atoms with E-state index in [1.54, 1.807) is 0 Å². The van der Waals surface area contributed by atoms with E-state index in [9.17, 15) is 0 Å². The van der Waals surface area contributed by atoms with Gasteiger partial charge >= 0.3 is 0 Å². The molecule has 1 aliphatic carbocycles. The first kappa shape index (κ1) is 11.2. The average molecular weight is 244 g/mol. The molecule has 5 nitrogen and oxygen atoms in total. The Bertz CT molecular complexity index is 554. The van der Waals surface area contributed by atoms with Gasteiger partial charge in [0.25, 0.3) is 0 Å².